The Balaban J connectivity index is 0.000000487. The summed E-state index contributed by atoms with van der Waals surface area (Å²) in [5.74, 6) is 0.564. The van der Waals surface area contributed by atoms with Crippen LogP contribution in [0, 0.1) is 6.92 Å². The minimum Gasteiger partial charge on any atom is -0.410 e. The third-order valence-electron chi connectivity index (χ3n) is 1.40. The molecule has 0 atom stereocenters. The summed E-state index contributed by atoms with van der Waals surface area (Å²) in [6.07, 6.45) is -0.444. The molecule has 0 aromatic heterocycles. The number of benzene rings is 1. The first-order valence-corrected chi connectivity index (χ1v) is 5.64. The number of hydrogen-bond donors (Lipinski definition) is 3. The Labute approximate surface area is 93.8 Å². The van der Waals surface area contributed by atoms with E-state index in [0.717, 1.165) is 5.56 Å². The first-order valence-electron chi connectivity index (χ1n) is 4.34. The monoisotopic (exact) mass is 247 g/mol. The molecule has 90 valence electrons. The fourth-order valence-electron chi connectivity index (χ4n) is 0.837. The van der Waals surface area contributed by atoms with Crippen LogP contribution >= 0.6 is 8.25 Å². The van der Waals surface area contributed by atoms with E-state index in [-0.39, 0.29) is 0 Å². The predicted molar refractivity (Wildman–Crippen MR) is 59.7 cm³/mol. The van der Waals surface area contributed by atoms with E-state index in [1.54, 1.807) is 12.1 Å². The summed E-state index contributed by atoms with van der Waals surface area (Å²) in [4.78, 5) is 25.1. The highest BCUT2D eigenvalue weighted by Gasteiger charge is 1.99. The van der Waals surface area contributed by atoms with Crippen molar-refractivity contribution in [2.24, 2.45) is 0 Å². The lowest BCUT2D eigenvalue weighted by Crippen LogP contribution is -2.21. The summed E-state index contributed by atoms with van der Waals surface area (Å²) in [6, 6.07) is 7.32. The van der Waals surface area contributed by atoms with Crippen LogP contribution in [0.2, 0.25) is 0 Å². The smallest absolute Gasteiger partial charge is 0.410 e. The van der Waals surface area contributed by atoms with Crippen LogP contribution in [-0.4, -0.2) is 22.9 Å². The number of ether oxygens (including phenoxy) is 1. The van der Waals surface area contributed by atoms with Gasteiger partial charge in [-0.25, -0.2) is 4.79 Å². The molecule has 0 fully saturated rings. The van der Waals surface area contributed by atoms with Gasteiger partial charge in [0.2, 0.25) is 0 Å². The molecule has 1 aromatic rings. The van der Waals surface area contributed by atoms with Gasteiger partial charge in [0.05, 0.1) is 0 Å². The molecule has 3 N–H and O–H groups in total. The van der Waals surface area contributed by atoms with Crippen molar-refractivity contribution in [1.82, 2.24) is 5.32 Å². The van der Waals surface area contributed by atoms with Crippen molar-refractivity contribution in [1.29, 1.82) is 0 Å². The number of rotatable bonds is 1. The van der Waals surface area contributed by atoms with Crippen molar-refractivity contribution >= 4 is 14.3 Å². The number of carbonyl (C=O) groups is 1. The van der Waals surface area contributed by atoms with Crippen LogP contribution < -0.4 is 10.1 Å². The van der Waals surface area contributed by atoms with Crippen LogP contribution in [-0.2, 0) is 4.57 Å². The predicted octanol–water partition coefficient (Wildman–Crippen LogP) is 1.07. The average molecular weight is 247 g/mol. The Morgan fingerprint density at radius 1 is 1.44 bits per heavy atom. The third kappa shape index (κ3) is 7.99. The van der Waals surface area contributed by atoms with E-state index in [2.05, 4.69) is 5.32 Å². The van der Waals surface area contributed by atoms with Gasteiger partial charge in [-0.15, -0.1) is 0 Å². The highest BCUT2D eigenvalue weighted by molar-refractivity contribution is 7.30. The highest BCUT2D eigenvalue weighted by atomic mass is 31.1. The van der Waals surface area contributed by atoms with Crippen LogP contribution in [0.4, 0.5) is 4.79 Å². The lowest BCUT2D eigenvalue weighted by Gasteiger charge is -2.02. The SMILES string of the molecule is CNC(=O)Oc1cccc(C)c1.O=[PH](O)O. The summed E-state index contributed by atoms with van der Waals surface area (Å²) in [6.45, 7) is 1.94. The molecule has 16 heavy (non-hydrogen) atoms. The molecule has 7 heteroatoms. The summed E-state index contributed by atoms with van der Waals surface area (Å²) in [7, 11) is -1.60. The Morgan fingerprint density at radius 2 is 2.00 bits per heavy atom. The molecule has 0 saturated carbocycles. The van der Waals surface area contributed by atoms with Gasteiger partial charge in [-0.1, -0.05) is 12.1 Å². The molecule has 0 spiro atoms. The molecule has 0 aliphatic carbocycles. The topological polar surface area (TPSA) is 95.9 Å². The Bertz CT molecular complexity index is 365. The number of aryl methyl sites for hydroxylation is 1. The lowest BCUT2D eigenvalue weighted by atomic mass is 10.2. The van der Waals surface area contributed by atoms with E-state index in [4.69, 9.17) is 19.1 Å². The summed E-state index contributed by atoms with van der Waals surface area (Å²) in [5.41, 5.74) is 1.07. The Hall–Kier alpha value is -1.36. The van der Waals surface area contributed by atoms with Crippen molar-refractivity contribution < 1.29 is 23.9 Å². The third-order valence-corrected chi connectivity index (χ3v) is 1.40. The Kier molecular flexibility index (Phi) is 7.20. The summed E-state index contributed by atoms with van der Waals surface area (Å²) >= 11 is 0. The zero-order valence-electron chi connectivity index (χ0n) is 8.93. The molecule has 0 heterocycles. The molecule has 1 amide bonds. The summed E-state index contributed by atoms with van der Waals surface area (Å²) < 4.78 is 13.6. The van der Waals surface area contributed by atoms with E-state index in [1.165, 1.54) is 7.05 Å². The molecule has 1 rings (SSSR count). The molecule has 0 radical (unpaired) electrons. The maximum absolute atomic E-state index is 10.8. The van der Waals surface area contributed by atoms with Gasteiger partial charge in [0.15, 0.2) is 0 Å². The van der Waals surface area contributed by atoms with Gasteiger partial charge in [0.1, 0.15) is 5.75 Å². The van der Waals surface area contributed by atoms with E-state index in [1.807, 2.05) is 19.1 Å². The van der Waals surface area contributed by atoms with Gasteiger partial charge in [0.25, 0.3) is 0 Å². The van der Waals surface area contributed by atoms with Crippen LogP contribution in [0.1, 0.15) is 5.56 Å². The van der Waals surface area contributed by atoms with Gasteiger partial charge in [-0.05, 0) is 24.6 Å². The molecule has 6 nitrogen and oxygen atoms in total. The van der Waals surface area contributed by atoms with Gasteiger partial charge in [-0.2, -0.15) is 0 Å². The van der Waals surface area contributed by atoms with Crippen molar-refractivity contribution in [2.45, 2.75) is 6.92 Å². The van der Waals surface area contributed by atoms with Gasteiger partial charge in [0, 0.05) is 7.05 Å². The standard InChI is InChI=1S/C9H11NO2.H3O3P/c1-7-4-3-5-8(6-7)12-9(11)10-2;1-4(2)3/h3-6H,1-2H3,(H,10,11);4H,(H2,1,2,3). The second-order valence-electron chi connectivity index (χ2n) is 2.74. The van der Waals surface area contributed by atoms with Gasteiger partial charge >= 0.3 is 14.3 Å². The van der Waals surface area contributed by atoms with Gasteiger partial charge < -0.3 is 19.8 Å². The normalized spacial score (nSPS) is 9.06. The largest absolute Gasteiger partial charge is 0.412 e. The van der Waals surface area contributed by atoms with E-state index < -0.39 is 14.3 Å². The van der Waals surface area contributed by atoms with Crippen LogP contribution in [0.15, 0.2) is 24.3 Å². The molecular formula is C9H14NO5P. The first kappa shape index (κ1) is 14.6. The summed E-state index contributed by atoms with van der Waals surface area (Å²) in [5, 5.41) is 2.37. The van der Waals surface area contributed by atoms with Crippen molar-refractivity contribution in [2.75, 3.05) is 7.05 Å². The van der Waals surface area contributed by atoms with Crippen molar-refractivity contribution in [3.05, 3.63) is 29.8 Å². The van der Waals surface area contributed by atoms with E-state index in [9.17, 15) is 4.79 Å². The molecule has 0 aliphatic heterocycles. The van der Waals surface area contributed by atoms with Crippen LogP contribution in [0.3, 0.4) is 0 Å². The molecule has 0 unspecified atom stereocenters. The van der Waals surface area contributed by atoms with E-state index in [0.29, 0.717) is 5.75 Å². The molecule has 0 saturated heterocycles. The second kappa shape index (κ2) is 7.87. The second-order valence-corrected chi connectivity index (χ2v) is 3.30. The number of amides is 1. The van der Waals surface area contributed by atoms with Crippen LogP contribution in [0.5, 0.6) is 5.75 Å². The van der Waals surface area contributed by atoms with Crippen molar-refractivity contribution in [3.8, 4) is 5.75 Å². The molecular weight excluding hydrogens is 233 g/mol. The van der Waals surface area contributed by atoms with Crippen molar-refractivity contribution in [3.63, 3.8) is 0 Å². The lowest BCUT2D eigenvalue weighted by molar-refractivity contribution is 0.203. The first-order chi connectivity index (χ1) is 7.45. The number of carbonyl (C=O) groups excluding carboxylic acids is 1. The zero-order valence-corrected chi connectivity index (χ0v) is 9.93. The number of nitrogens with one attached hydrogen (secondary N) is 1. The minimum atomic E-state index is -3.13. The number of hydrogen-bond acceptors (Lipinski definition) is 3. The molecule has 0 bridgehead atoms. The Morgan fingerprint density at radius 3 is 2.44 bits per heavy atom. The fraction of sp³-hybridized carbons (Fsp3) is 0.222. The molecule has 1 aromatic carbocycles. The van der Waals surface area contributed by atoms with Crippen LogP contribution in [0.25, 0.3) is 0 Å². The minimum absolute atomic E-state index is 0.444. The molecule has 0 aliphatic rings. The highest BCUT2D eigenvalue weighted by Crippen LogP contribution is 2.11. The van der Waals surface area contributed by atoms with Gasteiger partial charge in [-0.3, -0.25) is 4.57 Å². The maximum Gasteiger partial charge on any atom is 0.412 e. The zero-order chi connectivity index (χ0) is 12.6. The average Bonchev–Trinajstić information content (AvgIpc) is 2.16. The fourth-order valence-corrected chi connectivity index (χ4v) is 0.837. The maximum atomic E-state index is 10.8. The van der Waals surface area contributed by atoms with E-state index >= 15 is 0 Å². The quantitative estimate of drug-likeness (QED) is 0.645.